The standard InChI is InChI=1S/C20H18ClN3O3/c1-14(2)27-20(26)15-7-9-16(10-8-15)24(23-12-11-22-13-23)19(25)17-5-3-4-6-18(17)21/h3-14H,1-2H3. The smallest absolute Gasteiger partial charge is 0.338 e. The van der Waals surface area contributed by atoms with E-state index in [1.54, 1.807) is 79.4 Å². The van der Waals surface area contributed by atoms with Crippen molar-refractivity contribution in [3.8, 4) is 0 Å². The number of amides is 1. The molecule has 6 nitrogen and oxygen atoms in total. The van der Waals surface area contributed by atoms with Crippen molar-refractivity contribution in [3.05, 3.63) is 83.4 Å². The van der Waals surface area contributed by atoms with Crippen LogP contribution in [-0.4, -0.2) is 27.6 Å². The van der Waals surface area contributed by atoms with E-state index in [2.05, 4.69) is 4.98 Å². The zero-order valence-electron chi connectivity index (χ0n) is 14.9. The molecule has 0 aliphatic heterocycles. The van der Waals surface area contributed by atoms with Crippen molar-refractivity contribution in [1.82, 2.24) is 9.66 Å². The van der Waals surface area contributed by atoms with Crippen molar-refractivity contribution in [2.45, 2.75) is 20.0 Å². The van der Waals surface area contributed by atoms with Gasteiger partial charge in [-0.15, -0.1) is 0 Å². The molecule has 27 heavy (non-hydrogen) atoms. The van der Waals surface area contributed by atoms with Gasteiger partial charge in [0.1, 0.15) is 6.33 Å². The number of carbonyl (C=O) groups excluding carboxylic acids is 2. The fourth-order valence-electron chi connectivity index (χ4n) is 2.50. The second-order valence-electron chi connectivity index (χ2n) is 6.04. The summed E-state index contributed by atoms with van der Waals surface area (Å²) in [4.78, 5) is 29.2. The number of rotatable bonds is 5. The van der Waals surface area contributed by atoms with Gasteiger partial charge in [-0.25, -0.2) is 19.5 Å². The van der Waals surface area contributed by atoms with Crippen molar-refractivity contribution in [1.29, 1.82) is 0 Å². The highest BCUT2D eigenvalue weighted by Crippen LogP contribution is 2.23. The Balaban J connectivity index is 1.96. The molecule has 0 atom stereocenters. The number of hydrogen-bond donors (Lipinski definition) is 0. The maximum absolute atomic E-state index is 13.1. The maximum atomic E-state index is 13.1. The van der Waals surface area contributed by atoms with Crippen LogP contribution in [0.5, 0.6) is 0 Å². The van der Waals surface area contributed by atoms with Gasteiger partial charge in [0.25, 0.3) is 5.91 Å². The lowest BCUT2D eigenvalue weighted by molar-refractivity contribution is 0.0378. The molecule has 138 valence electrons. The van der Waals surface area contributed by atoms with Crippen LogP contribution in [0.4, 0.5) is 5.69 Å². The minimum Gasteiger partial charge on any atom is -0.459 e. The van der Waals surface area contributed by atoms with E-state index in [4.69, 9.17) is 16.3 Å². The average molecular weight is 384 g/mol. The molecule has 3 rings (SSSR count). The number of nitrogens with zero attached hydrogens (tertiary/aromatic N) is 3. The summed E-state index contributed by atoms with van der Waals surface area (Å²) in [7, 11) is 0. The normalized spacial score (nSPS) is 10.7. The molecule has 0 radical (unpaired) electrons. The lowest BCUT2D eigenvalue weighted by Crippen LogP contribution is -2.35. The van der Waals surface area contributed by atoms with Crippen molar-refractivity contribution in [3.63, 3.8) is 0 Å². The molecule has 0 spiro atoms. The van der Waals surface area contributed by atoms with Crippen LogP contribution < -0.4 is 5.01 Å². The summed E-state index contributed by atoms with van der Waals surface area (Å²) in [5.41, 5.74) is 1.32. The van der Waals surface area contributed by atoms with E-state index in [1.807, 2.05) is 0 Å². The van der Waals surface area contributed by atoms with E-state index >= 15 is 0 Å². The fourth-order valence-corrected chi connectivity index (χ4v) is 2.71. The third-order valence-corrected chi connectivity index (χ3v) is 4.04. The second-order valence-corrected chi connectivity index (χ2v) is 6.45. The summed E-state index contributed by atoms with van der Waals surface area (Å²) in [6.07, 6.45) is 4.52. The molecule has 1 heterocycles. The number of esters is 1. The number of hydrogen-bond acceptors (Lipinski definition) is 4. The Bertz CT molecular complexity index is 937. The molecule has 2 aromatic carbocycles. The first-order chi connectivity index (χ1) is 13.0. The lowest BCUT2D eigenvalue weighted by atomic mass is 10.1. The van der Waals surface area contributed by atoms with E-state index in [1.165, 1.54) is 11.3 Å². The van der Waals surface area contributed by atoms with E-state index in [0.717, 1.165) is 0 Å². The van der Waals surface area contributed by atoms with E-state index < -0.39 is 5.97 Å². The first-order valence-electron chi connectivity index (χ1n) is 8.35. The molecule has 0 fully saturated rings. The number of ether oxygens (including phenoxy) is 1. The van der Waals surface area contributed by atoms with Gasteiger partial charge >= 0.3 is 5.97 Å². The van der Waals surface area contributed by atoms with Gasteiger partial charge in [0.15, 0.2) is 0 Å². The molecule has 1 amide bonds. The predicted octanol–water partition coefficient (Wildman–Crippen LogP) is 4.21. The quantitative estimate of drug-likeness (QED) is 0.619. The second kappa shape index (κ2) is 8.05. The van der Waals surface area contributed by atoms with Crippen molar-refractivity contribution in [2.75, 3.05) is 5.01 Å². The van der Waals surface area contributed by atoms with Crippen LogP contribution in [0.3, 0.4) is 0 Å². The molecule has 0 N–H and O–H groups in total. The van der Waals surface area contributed by atoms with Gasteiger partial charge in [0.2, 0.25) is 0 Å². The van der Waals surface area contributed by atoms with Gasteiger partial charge in [-0.2, -0.15) is 0 Å². The minimum absolute atomic E-state index is 0.207. The molecule has 0 aliphatic rings. The summed E-state index contributed by atoms with van der Waals surface area (Å²) < 4.78 is 6.74. The Labute approximate surface area is 161 Å². The van der Waals surface area contributed by atoms with Crippen molar-refractivity contribution < 1.29 is 14.3 Å². The molecule has 3 aromatic rings. The van der Waals surface area contributed by atoms with Gasteiger partial charge in [0, 0.05) is 12.4 Å². The highest BCUT2D eigenvalue weighted by atomic mass is 35.5. The summed E-state index contributed by atoms with van der Waals surface area (Å²) in [6.45, 7) is 3.57. The number of aromatic nitrogens is 2. The van der Waals surface area contributed by atoms with Crippen molar-refractivity contribution >= 4 is 29.2 Å². The first-order valence-corrected chi connectivity index (χ1v) is 8.73. The molecule has 7 heteroatoms. The summed E-state index contributed by atoms with van der Waals surface area (Å²) >= 11 is 6.19. The zero-order valence-corrected chi connectivity index (χ0v) is 15.6. The van der Waals surface area contributed by atoms with Crippen LogP contribution in [-0.2, 0) is 4.74 Å². The van der Waals surface area contributed by atoms with Gasteiger partial charge in [0.05, 0.1) is 27.9 Å². The monoisotopic (exact) mass is 383 g/mol. The zero-order chi connectivity index (χ0) is 19.4. The van der Waals surface area contributed by atoms with Crippen LogP contribution in [0.1, 0.15) is 34.6 Å². The molecule has 0 unspecified atom stereocenters. The average Bonchev–Trinajstić information content (AvgIpc) is 3.16. The Hall–Kier alpha value is -3.12. The van der Waals surface area contributed by atoms with Crippen LogP contribution in [0.15, 0.2) is 67.3 Å². The molecule has 0 aliphatic carbocycles. The van der Waals surface area contributed by atoms with Gasteiger partial charge in [-0.1, -0.05) is 23.7 Å². The molecule has 1 aromatic heterocycles. The number of carbonyl (C=O) groups is 2. The van der Waals surface area contributed by atoms with E-state index in [-0.39, 0.29) is 12.0 Å². The highest BCUT2D eigenvalue weighted by Gasteiger charge is 2.22. The number of anilines is 1. The minimum atomic E-state index is -0.414. The number of halogens is 1. The highest BCUT2D eigenvalue weighted by molar-refractivity contribution is 6.34. The largest absolute Gasteiger partial charge is 0.459 e. The van der Waals surface area contributed by atoms with E-state index in [0.29, 0.717) is 21.8 Å². The van der Waals surface area contributed by atoms with Crippen LogP contribution >= 0.6 is 11.6 Å². The van der Waals surface area contributed by atoms with Crippen LogP contribution in [0, 0.1) is 0 Å². The Morgan fingerprint density at radius 3 is 2.41 bits per heavy atom. The topological polar surface area (TPSA) is 64.4 Å². The Kier molecular flexibility index (Phi) is 5.57. The Morgan fingerprint density at radius 2 is 1.81 bits per heavy atom. The fraction of sp³-hybridized carbons (Fsp3) is 0.150. The molecular formula is C20H18ClN3O3. The summed E-state index contributed by atoms with van der Waals surface area (Å²) in [5.74, 6) is -0.737. The number of benzene rings is 2. The number of imidazole rings is 1. The van der Waals surface area contributed by atoms with Gasteiger partial charge in [-0.05, 0) is 50.2 Å². The summed E-state index contributed by atoms with van der Waals surface area (Å²) in [5, 5.41) is 1.77. The van der Waals surface area contributed by atoms with Gasteiger partial charge < -0.3 is 4.74 Å². The molecular weight excluding hydrogens is 366 g/mol. The predicted molar refractivity (Wildman–Crippen MR) is 103 cm³/mol. The van der Waals surface area contributed by atoms with Crippen LogP contribution in [0.2, 0.25) is 5.02 Å². The lowest BCUT2D eigenvalue weighted by Gasteiger charge is -2.24. The third kappa shape index (κ3) is 4.17. The molecule has 0 saturated heterocycles. The van der Waals surface area contributed by atoms with Gasteiger partial charge in [-0.3, -0.25) is 4.79 Å². The third-order valence-electron chi connectivity index (χ3n) is 3.71. The summed E-state index contributed by atoms with van der Waals surface area (Å²) in [6, 6.07) is 13.4. The maximum Gasteiger partial charge on any atom is 0.338 e. The molecule has 0 saturated carbocycles. The molecule has 0 bridgehead atoms. The SMILES string of the molecule is CC(C)OC(=O)c1ccc(N(C(=O)c2ccccc2Cl)n2ccnc2)cc1. The van der Waals surface area contributed by atoms with Crippen LogP contribution in [0.25, 0.3) is 0 Å². The first kappa shape index (κ1) is 18.7. The Morgan fingerprint density at radius 1 is 1.11 bits per heavy atom. The van der Waals surface area contributed by atoms with E-state index in [9.17, 15) is 9.59 Å². The van der Waals surface area contributed by atoms with Crippen molar-refractivity contribution in [2.24, 2.45) is 0 Å².